The maximum Gasteiger partial charge on any atom is 0.270 e. The SMILES string of the molecule is O=C1COc2ccc(C(=O)NCc3cc4ccccc4o3)nc2N1. The van der Waals surface area contributed by atoms with Gasteiger partial charge in [-0.1, -0.05) is 18.2 Å². The first-order chi connectivity index (χ1) is 11.7. The second-order valence-corrected chi connectivity index (χ2v) is 5.31. The molecule has 24 heavy (non-hydrogen) atoms. The lowest BCUT2D eigenvalue weighted by molar-refractivity contribution is -0.118. The molecule has 0 fully saturated rings. The van der Waals surface area contributed by atoms with Gasteiger partial charge in [-0.25, -0.2) is 4.98 Å². The highest BCUT2D eigenvalue weighted by molar-refractivity contribution is 5.97. The van der Waals surface area contributed by atoms with E-state index in [1.807, 2.05) is 30.3 Å². The number of para-hydroxylation sites is 1. The summed E-state index contributed by atoms with van der Waals surface area (Å²) in [5, 5.41) is 6.30. The Kier molecular flexibility index (Phi) is 3.38. The third kappa shape index (κ3) is 2.67. The number of hydrogen-bond donors (Lipinski definition) is 2. The molecular formula is C17H13N3O4. The highest BCUT2D eigenvalue weighted by atomic mass is 16.5. The van der Waals surface area contributed by atoms with Crippen molar-refractivity contribution in [1.82, 2.24) is 10.3 Å². The highest BCUT2D eigenvalue weighted by Gasteiger charge is 2.19. The standard InChI is InChI=1S/C17H13N3O4/c21-15-9-23-14-6-5-12(19-16(14)20-15)17(22)18-8-11-7-10-3-1-2-4-13(10)24-11/h1-7H,8-9H2,(H,18,22)(H,19,20,21). The predicted octanol–water partition coefficient (Wildman–Crippen LogP) is 2.09. The zero-order valence-corrected chi connectivity index (χ0v) is 12.5. The highest BCUT2D eigenvalue weighted by Crippen LogP contribution is 2.25. The van der Waals surface area contributed by atoms with E-state index >= 15 is 0 Å². The number of anilines is 1. The summed E-state index contributed by atoms with van der Waals surface area (Å²) in [6.45, 7) is 0.196. The molecule has 2 aromatic heterocycles. The molecule has 3 heterocycles. The minimum Gasteiger partial charge on any atom is -0.480 e. The van der Waals surface area contributed by atoms with Gasteiger partial charge in [0.1, 0.15) is 17.0 Å². The number of hydrogen-bond acceptors (Lipinski definition) is 5. The van der Waals surface area contributed by atoms with Crippen molar-refractivity contribution < 1.29 is 18.7 Å². The average molecular weight is 323 g/mol. The average Bonchev–Trinajstić information content (AvgIpc) is 3.02. The Hall–Kier alpha value is -3.35. The number of furan rings is 1. The Balaban J connectivity index is 1.48. The van der Waals surface area contributed by atoms with E-state index < -0.39 is 0 Å². The van der Waals surface area contributed by atoms with Crippen LogP contribution in [-0.2, 0) is 11.3 Å². The minimum atomic E-state index is -0.363. The van der Waals surface area contributed by atoms with Crippen molar-refractivity contribution in [2.24, 2.45) is 0 Å². The third-order valence-corrected chi connectivity index (χ3v) is 3.61. The van der Waals surface area contributed by atoms with Gasteiger partial charge in [0.15, 0.2) is 18.2 Å². The van der Waals surface area contributed by atoms with Crippen LogP contribution in [-0.4, -0.2) is 23.4 Å². The molecule has 7 nitrogen and oxygen atoms in total. The Morgan fingerprint density at radius 3 is 3.00 bits per heavy atom. The summed E-state index contributed by atoms with van der Waals surface area (Å²) in [7, 11) is 0. The molecule has 0 unspecified atom stereocenters. The Labute approximate surface area is 136 Å². The largest absolute Gasteiger partial charge is 0.480 e. The second-order valence-electron chi connectivity index (χ2n) is 5.31. The molecule has 0 bridgehead atoms. The minimum absolute atomic E-state index is 0.0493. The van der Waals surface area contributed by atoms with Gasteiger partial charge < -0.3 is 19.8 Å². The van der Waals surface area contributed by atoms with Crippen LogP contribution in [0.1, 0.15) is 16.2 Å². The van der Waals surface area contributed by atoms with Crippen LogP contribution >= 0.6 is 0 Å². The molecule has 0 spiro atoms. The van der Waals surface area contributed by atoms with Gasteiger partial charge in [0.05, 0.1) is 6.54 Å². The molecular weight excluding hydrogens is 310 g/mol. The van der Waals surface area contributed by atoms with E-state index in [1.165, 1.54) is 0 Å². The Morgan fingerprint density at radius 2 is 2.12 bits per heavy atom. The molecule has 4 rings (SSSR count). The van der Waals surface area contributed by atoms with Gasteiger partial charge in [0.2, 0.25) is 0 Å². The number of aromatic nitrogens is 1. The van der Waals surface area contributed by atoms with Crippen LogP contribution in [0.4, 0.5) is 5.82 Å². The van der Waals surface area contributed by atoms with Gasteiger partial charge in [0, 0.05) is 5.39 Å². The summed E-state index contributed by atoms with van der Waals surface area (Å²) in [5.41, 5.74) is 0.962. The van der Waals surface area contributed by atoms with Crippen LogP contribution in [0, 0.1) is 0 Å². The van der Waals surface area contributed by atoms with Crippen LogP contribution in [0.2, 0.25) is 0 Å². The topological polar surface area (TPSA) is 93.5 Å². The number of nitrogens with one attached hydrogen (secondary N) is 2. The van der Waals surface area contributed by atoms with E-state index in [2.05, 4.69) is 15.6 Å². The summed E-state index contributed by atoms with van der Waals surface area (Å²) in [6, 6.07) is 12.7. The summed E-state index contributed by atoms with van der Waals surface area (Å²) in [5.74, 6) is 0.693. The van der Waals surface area contributed by atoms with Crippen molar-refractivity contribution in [3.05, 3.63) is 53.9 Å². The van der Waals surface area contributed by atoms with Crippen molar-refractivity contribution in [2.45, 2.75) is 6.54 Å². The summed E-state index contributed by atoms with van der Waals surface area (Å²) < 4.78 is 10.9. The second kappa shape index (κ2) is 5.69. The van der Waals surface area contributed by atoms with Gasteiger partial charge >= 0.3 is 0 Å². The molecule has 0 atom stereocenters. The molecule has 7 heteroatoms. The first-order valence-corrected chi connectivity index (χ1v) is 7.38. The zero-order chi connectivity index (χ0) is 16.5. The molecule has 120 valence electrons. The van der Waals surface area contributed by atoms with Crippen molar-refractivity contribution in [1.29, 1.82) is 0 Å². The van der Waals surface area contributed by atoms with E-state index in [4.69, 9.17) is 9.15 Å². The smallest absolute Gasteiger partial charge is 0.270 e. The molecule has 0 radical (unpaired) electrons. The van der Waals surface area contributed by atoms with E-state index in [9.17, 15) is 9.59 Å². The van der Waals surface area contributed by atoms with Gasteiger partial charge in [0.25, 0.3) is 11.8 Å². The van der Waals surface area contributed by atoms with Gasteiger partial charge in [-0.15, -0.1) is 0 Å². The summed E-state index contributed by atoms with van der Waals surface area (Å²) in [6.07, 6.45) is 0. The number of nitrogens with zero attached hydrogens (tertiary/aromatic N) is 1. The molecule has 1 aliphatic rings. The Morgan fingerprint density at radius 1 is 1.25 bits per heavy atom. The summed E-state index contributed by atoms with van der Waals surface area (Å²) in [4.78, 5) is 27.7. The number of fused-ring (bicyclic) bond motifs is 2. The Bertz CT molecular complexity index is 915. The number of ether oxygens (including phenoxy) is 1. The maximum atomic E-state index is 12.2. The van der Waals surface area contributed by atoms with E-state index in [1.54, 1.807) is 12.1 Å². The fraction of sp³-hybridized carbons (Fsp3) is 0.118. The van der Waals surface area contributed by atoms with Crippen LogP contribution in [0.25, 0.3) is 11.0 Å². The number of carbonyl (C=O) groups excluding carboxylic acids is 2. The molecule has 2 N–H and O–H groups in total. The number of carbonyl (C=O) groups is 2. The fourth-order valence-electron chi connectivity index (χ4n) is 2.47. The number of rotatable bonds is 3. The lowest BCUT2D eigenvalue weighted by Gasteiger charge is -2.17. The molecule has 0 aliphatic carbocycles. The van der Waals surface area contributed by atoms with Crippen molar-refractivity contribution in [2.75, 3.05) is 11.9 Å². The third-order valence-electron chi connectivity index (χ3n) is 3.61. The van der Waals surface area contributed by atoms with Crippen LogP contribution in [0.15, 0.2) is 46.9 Å². The molecule has 3 aromatic rings. The van der Waals surface area contributed by atoms with E-state index in [0.717, 1.165) is 11.0 Å². The number of amides is 2. The van der Waals surface area contributed by atoms with Gasteiger partial charge in [-0.3, -0.25) is 9.59 Å². The van der Waals surface area contributed by atoms with Crippen LogP contribution in [0.3, 0.4) is 0 Å². The van der Waals surface area contributed by atoms with Crippen molar-refractivity contribution >= 4 is 28.6 Å². The zero-order valence-electron chi connectivity index (χ0n) is 12.5. The van der Waals surface area contributed by atoms with Gasteiger partial charge in [-0.2, -0.15) is 0 Å². The first-order valence-electron chi connectivity index (χ1n) is 7.38. The van der Waals surface area contributed by atoms with Gasteiger partial charge in [-0.05, 0) is 24.3 Å². The number of pyridine rings is 1. The first kappa shape index (κ1) is 14.3. The molecule has 2 amide bonds. The normalized spacial score (nSPS) is 13.1. The van der Waals surface area contributed by atoms with E-state index in [0.29, 0.717) is 11.5 Å². The number of benzene rings is 1. The lowest BCUT2D eigenvalue weighted by Crippen LogP contribution is -2.28. The fourth-order valence-corrected chi connectivity index (χ4v) is 2.47. The van der Waals surface area contributed by atoms with Crippen molar-refractivity contribution in [3.63, 3.8) is 0 Å². The quantitative estimate of drug-likeness (QED) is 0.770. The van der Waals surface area contributed by atoms with Crippen LogP contribution in [0.5, 0.6) is 5.75 Å². The lowest BCUT2D eigenvalue weighted by atomic mass is 10.2. The molecule has 1 aliphatic heterocycles. The maximum absolute atomic E-state index is 12.2. The molecule has 1 aromatic carbocycles. The molecule has 0 saturated carbocycles. The summed E-state index contributed by atoms with van der Waals surface area (Å²) >= 11 is 0. The monoisotopic (exact) mass is 323 g/mol. The molecule has 0 saturated heterocycles. The van der Waals surface area contributed by atoms with E-state index in [-0.39, 0.29) is 36.5 Å². The van der Waals surface area contributed by atoms with Crippen LogP contribution < -0.4 is 15.4 Å². The predicted molar refractivity (Wildman–Crippen MR) is 85.7 cm³/mol. The van der Waals surface area contributed by atoms with Crippen molar-refractivity contribution in [3.8, 4) is 5.75 Å².